The van der Waals surface area contributed by atoms with E-state index in [1.165, 1.54) is 4.31 Å². The van der Waals surface area contributed by atoms with Crippen molar-refractivity contribution in [3.63, 3.8) is 0 Å². The Kier molecular flexibility index (Phi) is 5.17. The largest absolute Gasteiger partial charge is 0.480 e. The number of carboxylic acids is 1. The Morgan fingerprint density at radius 1 is 1.08 bits per heavy atom. The molecule has 0 fully saturated rings. The Morgan fingerprint density at radius 2 is 1.72 bits per heavy atom. The summed E-state index contributed by atoms with van der Waals surface area (Å²) in [5.74, 6) is -1.08. The number of nitrogens with zero attached hydrogens (tertiary/aromatic N) is 1. The number of ether oxygens (including phenoxy) is 1. The normalized spacial score (nSPS) is 17.8. The van der Waals surface area contributed by atoms with Crippen molar-refractivity contribution in [2.24, 2.45) is 0 Å². The molecule has 1 heterocycles. The van der Waals surface area contributed by atoms with Crippen molar-refractivity contribution in [3.05, 3.63) is 65.7 Å². The second-order valence-electron chi connectivity index (χ2n) is 5.90. The number of rotatable bonds is 6. The first-order valence-corrected chi connectivity index (χ1v) is 9.35. The maximum Gasteiger partial charge on any atom is 0.329 e. The summed E-state index contributed by atoms with van der Waals surface area (Å²) in [5, 5.41) is 8.75. The standard InChI is InChI=1S/C18H19NO5S/c20-18(21)13-24-12-16-10-14-6-4-5-7-15(14)11-19(16)25(22,23)17-8-2-1-3-9-17/h1-9,16H,10-13H2,(H,20,21)/t16-/m0/s1. The van der Waals surface area contributed by atoms with Gasteiger partial charge in [-0.25, -0.2) is 13.2 Å². The molecule has 132 valence electrons. The molecule has 0 aliphatic carbocycles. The second kappa shape index (κ2) is 7.35. The van der Waals surface area contributed by atoms with Gasteiger partial charge in [0.2, 0.25) is 10.0 Å². The SMILES string of the molecule is O=C(O)COC[C@@H]1Cc2ccccc2CN1S(=O)(=O)c1ccccc1. The van der Waals surface area contributed by atoms with Crippen LogP contribution < -0.4 is 0 Å². The van der Waals surface area contributed by atoms with Gasteiger partial charge >= 0.3 is 5.97 Å². The van der Waals surface area contributed by atoms with Crippen molar-refractivity contribution >= 4 is 16.0 Å². The molecule has 6 nitrogen and oxygen atoms in total. The van der Waals surface area contributed by atoms with Crippen LogP contribution in [0.25, 0.3) is 0 Å². The monoisotopic (exact) mass is 361 g/mol. The molecule has 0 radical (unpaired) electrons. The summed E-state index contributed by atoms with van der Waals surface area (Å²) in [6.45, 7) is -0.168. The fourth-order valence-corrected chi connectivity index (χ4v) is 4.61. The van der Waals surface area contributed by atoms with Gasteiger partial charge in [-0.05, 0) is 29.7 Å². The van der Waals surface area contributed by atoms with E-state index in [0.29, 0.717) is 6.42 Å². The van der Waals surface area contributed by atoms with Crippen LogP contribution in [0.15, 0.2) is 59.5 Å². The lowest BCUT2D eigenvalue weighted by molar-refractivity contribution is -0.142. The van der Waals surface area contributed by atoms with E-state index in [4.69, 9.17) is 9.84 Å². The first-order chi connectivity index (χ1) is 12.0. The summed E-state index contributed by atoms with van der Waals surface area (Å²) in [6.07, 6.45) is 0.488. The molecule has 0 saturated carbocycles. The van der Waals surface area contributed by atoms with Gasteiger partial charge in [0, 0.05) is 6.54 Å². The third-order valence-electron chi connectivity index (χ3n) is 4.19. The van der Waals surface area contributed by atoms with Crippen LogP contribution in [0.1, 0.15) is 11.1 Å². The van der Waals surface area contributed by atoms with Crippen LogP contribution >= 0.6 is 0 Å². The van der Waals surface area contributed by atoms with Gasteiger partial charge in [-0.1, -0.05) is 42.5 Å². The van der Waals surface area contributed by atoms with Gasteiger partial charge in [0.1, 0.15) is 6.61 Å². The highest BCUT2D eigenvalue weighted by molar-refractivity contribution is 7.89. The molecule has 1 aliphatic rings. The third kappa shape index (κ3) is 3.89. The highest BCUT2D eigenvalue weighted by Crippen LogP contribution is 2.29. The Balaban J connectivity index is 1.91. The first-order valence-electron chi connectivity index (χ1n) is 7.91. The highest BCUT2D eigenvalue weighted by Gasteiger charge is 2.35. The van der Waals surface area contributed by atoms with Gasteiger partial charge in [0.05, 0.1) is 17.5 Å². The number of benzene rings is 2. The number of hydrogen-bond acceptors (Lipinski definition) is 4. The van der Waals surface area contributed by atoms with Crippen LogP contribution in [0.2, 0.25) is 0 Å². The van der Waals surface area contributed by atoms with Crippen LogP contribution in [0.4, 0.5) is 0 Å². The Morgan fingerprint density at radius 3 is 2.40 bits per heavy atom. The van der Waals surface area contributed by atoms with Crippen molar-refractivity contribution < 1.29 is 23.1 Å². The predicted octanol–water partition coefficient (Wildman–Crippen LogP) is 1.90. The molecule has 0 amide bonds. The number of carboxylic acid groups (broad SMARTS) is 1. The summed E-state index contributed by atoms with van der Waals surface area (Å²) >= 11 is 0. The molecule has 2 aromatic carbocycles. The summed E-state index contributed by atoms with van der Waals surface area (Å²) in [4.78, 5) is 10.9. The molecular formula is C18H19NO5S. The molecule has 3 rings (SSSR count). The lowest BCUT2D eigenvalue weighted by Gasteiger charge is -2.35. The summed E-state index contributed by atoms with van der Waals surface area (Å²) in [7, 11) is -3.70. The summed E-state index contributed by atoms with van der Waals surface area (Å²) in [6, 6.07) is 15.5. The van der Waals surface area contributed by atoms with E-state index in [1.54, 1.807) is 30.3 Å². The van der Waals surface area contributed by atoms with Crippen molar-refractivity contribution in [1.82, 2.24) is 4.31 Å². The molecule has 1 aliphatic heterocycles. The van der Waals surface area contributed by atoms with Crippen molar-refractivity contribution in [2.75, 3.05) is 13.2 Å². The zero-order chi connectivity index (χ0) is 17.9. The minimum atomic E-state index is -3.70. The van der Waals surface area contributed by atoms with E-state index in [2.05, 4.69) is 0 Å². The second-order valence-corrected chi connectivity index (χ2v) is 7.79. The molecule has 2 aromatic rings. The topological polar surface area (TPSA) is 83.9 Å². The minimum absolute atomic E-state index is 0.0344. The third-order valence-corrected chi connectivity index (χ3v) is 6.11. The highest BCUT2D eigenvalue weighted by atomic mass is 32.2. The average molecular weight is 361 g/mol. The zero-order valence-electron chi connectivity index (χ0n) is 13.5. The molecule has 0 unspecified atom stereocenters. The summed E-state index contributed by atoms with van der Waals surface area (Å²) < 4.78 is 32.7. The number of hydrogen-bond donors (Lipinski definition) is 1. The zero-order valence-corrected chi connectivity index (χ0v) is 14.4. The molecule has 7 heteroatoms. The maximum atomic E-state index is 13.1. The van der Waals surface area contributed by atoms with Gasteiger partial charge in [0.15, 0.2) is 0 Å². The van der Waals surface area contributed by atoms with Crippen molar-refractivity contribution in [2.45, 2.75) is 23.9 Å². The quantitative estimate of drug-likeness (QED) is 0.850. The Bertz CT molecular complexity index is 851. The molecule has 0 spiro atoms. The van der Waals surface area contributed by atoms with E-state index in [9.17, 15) is 13.2 Å². The number of carbonyl (C=O) groups is 1. The van der Waals surface area contributed by atoms with Gasteiger partial charge in [-0.3, -0.25) is 0 Å². The van der Waals surface area contributed by atoms with Crippen LogP contribution in [0.5, 0.6) is 0 Å². The van der Waals surface area contributed by atoms with Crippen molar-refractivity contribution in [1.29, 1.82) is 0 Å². The van der Waals surface area contributed by atoms with E-state index in [0.717, 1.165) is 11.1 Å². The van der Waals surface area contributed by atoms with E-state index < -0.39 is 28.6 Å². The lowest BCUT2D eigenvalue weighted by atomic mass is 9.96. The minimum Gasteiger partial charge on any atom is -0.480 e. The van der Waals surface area contributed by atoms with Crippen LogP contribution in [0.3, 0.4) is 0 Å². The molecule has 1 N–H and O–H groups in total. The maximum absolute atomic E-state index is 13.1. The number of aliphatic carboxylic acids is 1. The number of fused-ring (bicyclic) bond motifs is 1. The molecule has 25 heavy (non-hydrogen) atoms. The van der Waals surface area contributed by atoms with Crippen molar-refractivity contribution in [3.8, 4) is 0 Å². The van der Waals surface area contributed by atoms with E-state index in [-0.39, 0.29) is 18.0 Å². The van der Waals surface area contributed by atoms with Gasteiger partial charge in [0.25, 0.3) is 0 Å². The van der Waals surface area contributed by atoms with Crippen LogP contribution in [-0.4, -0.2) is 43.1 Å². The summed E-state index contributed by atoms with van der Waals surface area (Å²) in [5.41, 5.74) is 2.02. The van der Waals surface area contributed by atoms with E-state index >= 15 is 0 Å². The smallest absolute Gasteiger partial charge is 0.329 e. The average Bonchev–Trinajstić information content (AvgIpc) is 2.61. The van der Waals surface area contributed by atoms with Crippen LogP contribution in [0, 0.1) is 0 Å². The fraction of sp³-hybridized carbons (Fsp3) is 0.278. The Labute approximate surface area is 146 Å². The molecule has 0 aromatic heterocycles. The molecule has 1 atom stereocenters. The van der Waals surface area contributed by atoms with E-state index in [1.807, 2.05) is 24.3 Å². The molecule has 0 bridgehead atoms. The van der Waals surface area contributed by atoms with Crippen LogP contribution in [-0.2, 0) is 32.5 Å². The fourth-order valence-electron chi connectivity index (χ4n) is 3.00. The predicted molar refractivity (Wildman–Crippen MR) is 91.6 cm³/mol. The Hall–Kier alpha value is -2.22. The first kappa shape index (κ1) is 17.6. The van der Waals surface area contributed by atoms with Gasteiger partial charge in [-0.15, -0.1) is 0 Å². The number of sulfonamides is 1. The van der Waals surface area contributed by atoms with Gasteiger partial charge < -0.3 is 9.84 Å². The molecule has 0 saturated heterocycles. The lowest BCUT2D eigenvalue weighted by Crippen LogP contribution is -2.46. The van der Waals surface area contributed by atoms with Gasteiger partial charge in [-0.2, -0.15) is 4.31 Å². The molecular weight excluding hydrogens is 342 g/mol.